The molecule has 14 heteroatoms. The number of hydrogen-bond acceptors (Lipinski definition) is 10. The van der Waals surface area contributed by atoms with E-state index >= 15 is 0 Å². The van der Waals surface area contributed by atoms with Gasteiger partial charge in [0.15, 0.2) is 15.4 Å². The monoisotopic (exact) mass is 821 g/mol. The lowest BCUT2D eigenvalue weighted by atomic mass is 9.73. The van der Waals surface area contributed by atoms with Crippen LogP contribution < -0.4 is 14.4 Å². The first-order valence-corrected chi connectivity index (χ1v) is 22.2. The number of fused-ring (bicyclic) bond motifs is 3. The van der Waals surface area contributed by atoms with Crippen molar-refractivity contribution in [1.82, 2.24) is 19.6 Å². The van der Waals surface area contributed by atoms with Gasteiger partial charge in [-0.25, -0.2) is 13.2 Å². The Kier molecular flexibility index (Phi) is 11.0. The predicted octanol–water partition coefficient (Wildman–Crippen LogP) is 7.00. The van der Waals surface area contributed by atoms with Gasteiger partial charge in [-0.3, -0.25) is 9.36 Å². The van der Waals surface area contributed by atoms with Gasteiger partial charge in [-0.05, 0) is 78.6 Å². The zero-order valence-electron chi connectivity index (χ0n) is 32.8. The zero-order chi connectivity index (χ0) is 40.6. The highest BCUT2D eigenvalue weighted by Crippen LogP contribution is 2.56. The Morgan fingerprint density at radius 3 is 2.52 bits per heavy atom. The maximum absolute atomic E-state index is 14.1. The first-order valence-electron chi connectivity index (χ1n) is 19.4. The first kappa shape index (κ1) is 39.5. The lowest BCUT2D eigenvalue weighted by Crippen LogP contribution is -2.52. The van der Waals surface area contributed by atoms with Crippen LogP contribution in [0.5, 0.6) is 11.5 Å². The second-order valence-corrected chi connectivity index (χ2v) is 18.2. The van der Waals surface area contributed by atoms with E-state index in [-0.39, 0.29) is 18.1 Å². The molecule has 2 aliphatic heterocycles. The lowest BCUT2D eigenvalue weighted by molar-refractivity contribution is -0.144. The molecule has 2 aliphatic rings. The highest BCUT2D eigenvalue weighted by Gasteiger charge is 2.59. The number of rotatable bonds is 16. The molecular formula is C44H47N5O7S2. The average molecular weight is 822 g/mol. The van der Waals surface area contributed by atoms with E-state index in [1.165, 1.54) is 10.2 Å². The number of nitrogens with zero attached hydrogens (tertiary/aromatic N) is 5. The van der Waals surface area contributed by atoms with Gasteiger partial charge >= 0.3 is 5.97 Å². The minimum Gasteiger partial charge on any atom is -0.497 e. The largest absolute Gasteiger partial charge is 0.497 e. The van der Waals surface area contributed by atoms with Gasteiger partial charge in [0.05, 0.1) is 48.9 Å². The van der Waals surface area contributed by atoms with Crippen molar-refractivity contribution in [2.24, 2.45) is 7.05 Å². The van der Waals surface area contributed by atoms with Crippen LogP contribution in [-0.2, 0) is 64.0 Å². The van der Waals surface area contributed by atoms with Gasteiger partial charge in [-0.1, -0.05) is 54.6 Å². The summed E-state index contributed by atoms with van der Waals surface area (Å²) in [4.78, 5) is 17.0. The average Bonchev–Trinajstić information content (AvgIpc) is 3.96. The third-order valence-electron chi connectivity index (χ3n) is 11.5. The Morgan fingerprint density at radius 1 is 0.983 bits per heavy atom. The first-order chi connectivity index (χ1) is 28.0. The van der Waals surface area contributed by atoms with Crippen molar-refractivity contribution in [2.75, 3.05) is 25.7 Å². The van der Waals surface area contributed by atoms with E-state index in [0.29, 0.717) is 49.4 Å². The van der Waals surface area contributed by atoms with E-state index < -0.39 is 33.0 Å². The predicted molar refractivity (Wildman–Crippen MR) is 224 cm³/mol. The molecule has 0 spiro atoms. The highest BCUT2D eigenvalue weighted by molar-refractivity contribution is 7.98. The fourth-order valence-electron chi connectivity index (χ4n) is 8.85. The van der Waals surface area contributed by atoms with Crippen LogP contribution in [0, 0.1) is 0 Å². The number of methoxy groups -OCH3 is 1. The summed E-state index contributed by atoms with van der Waals surface area (Å²) in [5.74, 6) is -0.0213. The topological polar surface area (TPSA) is 149 Å². The van der Waals surface area contributed by atoms with Crippen molar-refractivity contribution < 1.29 is 32.9 Å². The van der Waals surface area contributed by atoms with Gasteiger partial charge in [0, 0.05) is 59.5 Å². The number of hydrogen-bond donors (Lipinski definition) is 2. The molecule has 2 atom stereocenters. The molecule has 0 saturated carbocycles. The van der Waals surface area contributed by atoms with E-state index in [1.807, 2.05) is 53.4 Å². The van der Waals surface area contributed by atoms with E-state index in [0.717, 1.165) is 56.3 Å². The summed E-state index contributed by atoms with van der Waals surface area (Å²) in [5.41, 5.74) is 3.55. The van der Waals surface area contributed by atoms with Crippen LogP contribution in [0.25, 0.3) is 10.8 Å². The van der Waals surface area contributed by atoms with E-state index in [4.69, 9.17) is 14.6 Å². The fourth-order valence-corrected chi connectivity index (χ4v) is 11.1. The third-order valence-corrected chi connectivity index (χ3v) is 14.0. The molecule has 0 fully saturated rings. The molecule has 0 radical (unpaired) electrons. The molecule has 2 N–H and O–H groups in total. The summed E-state index contributed by atoms with van der Waals surface area (Å²) in [6.07, 6.45) is 2.39. The number of aliphatic hydroxyl groups is 1. The Balaban J connectivity index is 1.08. The minimum atomic E-state index is -3.86. The number of ether oxygens (including phenoxy) is 2. The molecular weight excluding hydrogens is 775 g/mol. The number of aromatic nitrogens is 4. The smallest absolute Gasteiger partial charge is 0.335 e. The van der Waals surface area contributed by atoms with Crippen LogP contribution in [-0.4, -0.2) is 64.9 Å². The Morgan fingerprint density at radius 2 is 1.76 bits per heavy atom. The van der Waals surface area contributed by atoms with Gasteiger partial charge in [0.25, 0.3) is 0 Å². The van der Waals surface area contributed by atoms with Crippen LogP contribution in [0.15, 0.2) is 95.9 Å². The number of aliphatic carboxylic acids is 1. The number of aliphatic hydroxyl groups excluding tert-OH is 1. The summed E-state index contributed by atoms with van der Waals surface area (Å²) in [7, 11) is 1.25. The summed E-state index contributed by atoms with van der Waals surface area (Å²) in [6, 6.07) is 29.8. The SMILES string of the molecule is COc1ccc(CSc2cc(OCCCC3c4ccccc4N(C)C3(C(=O)O)c3c(CS(=O)(=O)Cc4cc(CO)n(C)n4)nn4c3CCC4)c3ccccc3c2)cc1. The Bertz CT molecular complexity index is 2590. The van der Waals surface area contributed by atoms with E-state index in [1.54, 1.807) is 43.7 Å². The standard InChI is InChI=1S/C44H47N5O7S2/c1-47-39-14-7-6-12-36(39)37(13-9-21-56-41-24-34(22-30-10-4-5-11-35(30)41)57-26-29-16-18-33(55-3)19-17-29)44(47,43(51)52)42-38(46-49-20-8-15-40(42)49)28-58(53,54)27-31-23-32(25-50)48(2)45-31/h4-7,10-12,14,16-19,22-24,37,50H,8-9,13,15,20-21,25-28H2,1-3H3,(H,51,52). The molecule has 6 aromatic rings. The highest BCUT2D eigenvalue weighted by atomic mass is 32.2. The molecule has 0 bridgehead atoms. The molecule has 2 unspecified atom stereocenters. The van der Waals surface area contributed by atoms with Gasteiger partial charge in [0.2, 0.25) is 0 Å². The number of aryl methyl sites for hydroxylation is 2. The number of carboxylic acids is 1. The molecule has 4 aromatic carbocycles. The van der Waals surface area contributed by atoms with Gasteiger partial charge in [-0.15, -0.1) is 11.8 Å². The lowest BCUT2D eigenvalue weighted by Gasteiger charge is -2.39. The molecule has 4 heterocycles. The Hall–Kier alpha value is -5.31. The molecule has 302 valence electrons. The maximum Gasteiger partial charge on any atom is 0.335 e. The van der Waals surface area contributed by atoms with Crippen LogP contribution in [0.1, 0.15) is 64.6 Å². The number of carbonyl (C=O) groups is 1. The summed E-state index contributed by atoms with van der Waals surface area (Å²) in [6.45, 7) is 0.663. The second kappa shape index (κ2) is 16.1. The molecule has 58 heavy (non-hydrogen) atoms. The quantitative estimate of drug-likeness (QED) is 0.0769. The molecule has 2 aromatic heterocycles. The third kappa shape index (κ3) is 7.33. The summed E-state index contributed by atoms with van der Waals surface area (Å²) >= 11 is 1.73. The zero-order valence-corrected chi connectivity index (χ0v) is 34.4. The fraction of sp³-hybridized carbons (Fsp3) is 0.341. The molecule has 0 saturated heterocycles. The van der Waals surface area contributed by atoms with Crippen LogP contribution >= 0.6 is 11.8 Å². The van der Waals surface area contributed by atoms with Gasteiger partial charge < -0.3 is 24.6 Å². The van der Waals surface area contributed by atoms with E-state index in [9.17, 15) is 23.4 Å². The van der Waals surface area contributed by atoms with Crippen molar-refractivity contribution in [3.63, 3.8) is 0 Å². The summed E-state index contributed by atoms with van der Waals surface area (Å²) in [5, 5.41) is 32.4. The van der Waals surface area contributed by atoms with Gasteiger partial charge in [0.1, 0.15) is 11.5 Å². The Labute approximate surface area is 342 Å². The molecule has 0 amide bonds. The number of thioether (sulfide) groups is 1. The van der Waals surface area contributed by atoms with Crippen LogP contribution in [0.3, 0.4) is 0 Å². The molecule has 12 nitrogen and oxygen atoms in total. The number of sulfone groups is 1. The molecule has 0 aliphatic carbocycles. The number of carboxylic acid groups (broad SMARTS) is 1. The van der Waals surface area contributed by atoms with Gasteiger partial charge in [-0.2, -0.15) is 10.2 Å². The number of likely N-dealkylation sites (N-methyl/N-ethyl adjacent to an activating group) is 1. The van der Waals surface area contributed by atoms with Crippen LogP contribution in [0.4, 0.5) is 5.69 Å². The number of benzene rings is 4. The number of para-hydroxylation sites is 1. The van der Waals surface area contributed by atoms with Crippen molar-refractivity contribution >= 4 is 44.0 Å². The summed E-state index contributed by atoms with van der Waals surface area (Å²) < 4.78 is 42.9. The minimum absolute atomic E-state index is 0.256. The maximum atomic E-state index is 14.1. The molecule has 8 rings (SSSR count). The van der Waals surface area contributed by atoms with Crippen molar-refractivity contribution in [3.05, 3.63) is 130 Å². The van der Waals surface area contributed by atoms with Crippen LogP contribution in [0.2, 0.25) is 0 Å². The number of anilines is 1. The second-order valence-electron chi connectivity index (χ2n) is 15.0. The van der Waals surface area contributed by atoms with Crippen molar-refractivity contribution in [3.8, 4) is 11.5 Å². The van der Waals surface area contributed by atoms with Crippen molar-refractivity contribution in [2.45, 2.75) is 72.4 Å². The van der Waals surface area contributed by atoms with E-state index in [2.05, 4.69) is 41.5 Å². The normalized spacial score (nSPS) is 17.4. The van der Waals surface area contributed by atoms with Crippen molar-refractivity contribution in [1.29, 1.82) is 0 Å².